The smallest absolute Gasteiger partial charge is 0.255 e. The first kappa shape index (κ1) is 18.6. The second-order valence-corrected chi connectivity index (χ2v) is 5.51. The second kappa shape index (κ2) is 8.68. The van der Waals surface area contributed by atoms with Gasteiger partial charge in [0, 0.05) is 23.9 Å². The zero-order valence-corrected chi connectivity index (χ0v) is 14.4. The quantitative estimate of drug-likeness (QED) is 0.451. The van der Waals surface area contributed by atoms with Gasteiger partial charge in [-0.1, -0.05) is 19.9 Å². The van der Waals surface area contributed by atoms with Crippen molar-refractivity contribution in [2.45, 2.75) is 25.7 Å². The minimum Gasteiger partial charge on any atom is -0.356 e. The highest BCUT2D eigenvalue weighted by Gasteiger charge is 2.21. The van der Waals surface area contributed by atoms with E-state index in [9.17, 15) is 8.78 Å². The van der Waals surface area contributed by atoms with Crippen molar-refractivity contribution in [3.8, 4) is 0 Å². The number of rotatable bonds is 5. The van der Waals surface area contributed by atoms with Crippen molar-refractivity contribution in [1.82, 2.24) is 10.6 Å². The van der Waals surface area contributed by atoms with Crippen LogP contribution in [0.1, 0.15) is 18.7 Å². The van der Waals surface area contributed by atoms with E-state index in [0.29, 0.717) is 12.5 Å². The predicted molar refractivity (Wildman–Crippen MR) is 88.1 cm³/mol. The molecule has 0 saturated heterocycles. The van der Waals surface area contributed by atoms with E-state index in [1.54, 1.807) is 18.4 Å². The van der Waals surface area contributed by atoms with Crippen molar-refractivity contribution in [1.29, 1.82) is 0 Å². The van der Waals surface area contributed by atoms with Crippen LogP contribution >= 0.6 is 35.3 Å². The Bertz CT molecular complexity index is 380. The summed E-state index contributed by atoms with van der Waals surface area (Å²) in [6.45, 7) is 4.45. The van der Waals surface area contributed by atoms with Crippen LogP contribution in [0.4, 0.5) is 8.78 Å². The maximum atomic E-state index is 12.1. The summed E-state index contributed by atoms with van der Waals surface area (Å²) in [5, 5.41) is 7.67. The Balaban J connectivity index is 0.00000324. The standard InChI is InChI=1S/C12H19F2N3S.HI/c1-12(2,9-5-4-6-18-9)8-17-11(15-3)16-7-10(13)14;/h4-6,10H,7-8H2,1-3H3,(H2,15,16,17);1H. The average molecular weight is 403 g/mol. The Morgan fingerprint density at radius 1 is 1.42 bits per heavy atom. The molecule has 0 aliphatic rings. The first-order valence-electron chi connectivity index (χ1n) is 5.72. The van der Waals surface area contributed by atoms with Gasteiger partial charge in [-0.25, -0.2) is 8.78 Å². The number of guanidine groups is 1. The molecule has 0 atom stereocenters. The number of thiophene rings is 1. The normalized spacial score (nSPS) is 12.2. The molecule has 0 unspecified atom stereocenters. The highest BCUT2D eigenvalue weighted by atomic mass is 127. The van der Waals surface area contributed by atoms with Crippen LogP contribution in [0.5, 0.6) is 0 Å². The van der Waals surface area contributed by atoms with Gasteiger partial charge in [0.25, 0.3) is 6.43 Å². The lowest BCUT2D eigenvalue weighted by atomic mass is 9.91. The van der Waals surface area contributed by atoms with Crippen molar-refractivity contribution in [3.05, 3.63) is 22.4 Å². The van der Waals surface area contributed by atoms with Gasteiger partial charge < -0.3 is 10.6 Å². The number of nitrogens with one attached hydrogen (secondary N) is 2. The molecule has 0 aliphatic carbocycles. The van der Waals surface area contributed by atoms with E-state index in [2.05, 4.69) is 35.5 Å². The number of alkyl halides is 2. The minimum absolute atomic E-state index is 0. The molecule has 1 rings (SSSR count). The van der Waals surface area contributed by atoms with E-state index in [0.717, 1.165) is 0 Å². The third-order valence-corrected chi connectivity index (χ3v) is 3.77. The molecule has 0 fully saturated rings. The fourth-order valence-corrected chi connectivity index (χ4v) is 2.30. The Hall–Kier alpha value is -0.440. The van der Waals surface area contributed by atoms with Crippen LogP contribution in [-0.4, -0.2) is 32.5 Å². The van der Waals surface area contributed by atoms with E-state index < -0.39 is 6.43 Å². The number of aliphatic imine (C=N–C) groups is 1. The van der Waals surface area contributed by atoms with Crippen molar-refractivity contribution in [2.24, 2.45) is 4.99 Å². The molecule has 2 N–H and O–H groups in total. The molecular weight excluding hydrogens is 383 g/mol. The summed E-state index contributed by atoms with van der Waals surface area (Å²) in [5.41, 5.74) is -0.0589. The third kappa shape index (κ3) is 6.51. The second-order valence-electron chi connectivity index (χ2n) is 4.56. The van der Waals surface area contributed by atoms with Crippen LogP contribution in [0.3, 0.4) is 0 Å². The van der Waals surface area contributed by atoms with E-state index in [-0.39, 0.29) is 35.9 Å². The molecule has 110 valence electrons. The van der Waals surface area contributed by atoms with Crippen molar-refractivity contribution >= 4 is 41.3 Å². The molecule has 0 amide bonds. The van der Waals surface area contributed by atoms with Gasteiger partial charge in [-0.3, -0.25) is 4.99 Å². The predicted octanol–water partition coefficient (Wildman–Crippen LogP) is 3.07. The maximum absolute atomic E-state index is 12.1. The SMILES string of the molecule is CN=C(NCC(F)F)NCC(C)(C)c1cccs1.I. The zero-order chi connectivity index (χ0) is 13.6. The first-order valence-corrected chi connectivity index (χ1v) is 6.60. The molecule has 3 nitrogen and oxygen atoms in total. The van der Waals surface area contributed by atoms with Crippen LogP contribution in [0.25, 0.3) is 0 Å². The molecule has 1 heterocycles. The van der Waals surface area contributed by atoms with Crippen molar-refractivity contribution in [2.75, 3.05) is 20.1 Å². The molecule has 0 saturated carbocycles. The monoisotopic (exact) mass is 403 g/mol. The summed E-state index contributed by atoms with van der Waals surface area (Å²) in [6, 6.07) is 4.08. The van der Waals surface area contributed by atoms with Gasteiger partial charge in [0.05, 0.1) is 6.54 Å². The van der Waals surface area contributed by atoms with Crippen LogP contribution in [0.2, 0.25) is 0 Å². The van der Waals surface area contributed by atoms with Gasteiger partial charge in [-0.05, 0) is 11.4 Å². The van der Waals surface area contributed by atoms with E-state index in [1.807, 2.05) is 11.4 Å². The summed E-state index contributed by atoms with van der Waals surface area (Å²) < 4.78 is 24.2. The maximum Gasteiger partial charge on any atom is 0.255 e. The summed E-state index contributed by atoms with van der Waals surface area (Å²) in [5.74, 6) is 0.403. The van der Waals surface area contributed by atoms with Gasteiger partial charge >= 0.3 is 0 Å². The van der Waals surface area contributed by atoms with E-state index in [1.165, 1.54) is 4.88 Å². The average Bonchev–Trinajstić information content (AvgIpc) is 2.83. The van der Waals surface area contributed by atoms with Crippen LogP contribution in [-0.2, 0) is 5.41 Å². The van der Waals surface area contributed by atoms with Gasteiger partial charge in [0.15, 0.2) is 5.96 Å². The fraction of sp³-hybridized carbons (Fsp3) is 0.583. The van der Waals surface area contributed by atoms with E-state index in [4.69, 9.17) is 0 Å². The Morgan fingerprint density at radius 2 is 2.11 bits per heavy atom. The van der Waals surface area contributed by atoms with Gasteiger partial charge in [-0.15, -0.1) is 35.3 Å². The number of hydrogen-bond acceptors (Lipinski definition) is 2. The largest absolute Gasteiger partial charge is 0.356 e. The highest BCUT2D eigenvalue weighted by molar-refractivity contribution is 14.0. The highest BCUT2D eigenvalue weighted by Crippen LogP contribution is 2.26. The number of nitrogens with zero attached hydrogens (tertiary/aromatic N) is 1. The summed E-state index contributed by atoms with van der Waals surface area (Å²) in [7, 11) is 1.57. The summed E-state index contributed by atoms with van der Waals surface area (Å²) in [6.07, 6.45) is -2.38. The van der Waals surface area contributed by atoms with E-state index >= 15 is 0 Å². The molecule has 0 aliphatic heterocycles. The molecule has 0 spiro atoms. The molecule has 1 aromatic heterocycles. The van der Waals surface area contributed by atoms with Crippen LogP contribution in [0.15, 0.2) is 22.5 Å². The molecule has 7 heteroatoms. The molecule has 0 radical (unpaired) electrons. The third-order valence-electron chi connectivity index (χ3n) is 2.53. The van der Waals surface area contributed by atoms with Gasteiger partial charge in [-0.2, -0.15) is 0 Å². The first-order chi connectivity index (χ1) is 8.45. The molecule has 1 aromatic rings. The topological polar surface area (TPSA) is 36.4 Å². The van der Waals surface area contributed by atoms with Gasteiger partial charge in [0.2, 0.25) is 0 Å². The zero-order valence-electron chi connectivity index (χ0n) is 11.2. The Kier molecular flexibility index (Phi) is 8.47. The molecule has 0 bridgehead atoms. The summed E-state index contributed by atoms with van der Waals surface area (Å²) in [4.78, 5) is 5.16. The molecule has 0 aromatic carbocycles. The van der Waals surface area contributed by atoms with Crippen molar-refractivity contribution < 1.29 is 8.78 Å². The van der Waals surface area contributed by atoms with Crippen molar-refractivity contribution in [3.63, 3.8) is 0 Å². The lowest BCUT2D eigenvalue weighted by Gasteiger charge is -2.25. The van der Waals surface area contributed by atoms with Crippen LogP contribution < -0.4 is 10.6 Å². The number of halogens is 3. The summed E-state index contributed by atoms with van der Waals surface area (Å²) >= 11 is 1.69. The lowest BCUT2D eigenvalue weighted by molar-refractivity contribution is 0.152. The lowest BCUT2D eigenvalue weighted by Crippen LogP contribution is -2.44. The van der Waals surface area contributed by atoms with Crippen LogP contribution in [0, 0.1) is 0 Å². The minimum atomic E-state index is -2.38. The molecule has 19 heavy (non-hydrogen) atoms. The number of hydrogen-bond donors (Lipinski definition) is 2. The fourth-order valence-electron chi connectivity index (χ4n) is 1.45. The Morgan fingerprint density at radius 3 is 2.58 bits per heavy atom. The molecular formula is C12H20F2IN3S. The Labute approximate surface area is 133 Å². The van der Waals surface area contributed by atoms with Gasteiger partial charge in [0.1, 0.15) is 0 Å².